The molecule has 0 saturated carbocycles. The third kappa shape index (κ3) is 3.18. The number of hydrogen-bond donors (Lipinski definition) is 2. The highest BCUT2D eigenvalue weighted by molar-refractivity contribution is 4.76. The summed E-state index contributed by atoms with van der Waals surface area (Å²) in [4.78, 5) is 0. The van der Waals surface area contributed by atoms with E-state index in [-0.39, 0.29) is 0 Å². The van der Waals surface area contributed by atoms with Crippen LogP contribution in [0.3, 0.4) is 0 Å². The van der Waals surface area contributed by atoms with Crippen molar-refractivity contribution in [3.63, 3.8) is 0 Å². The van der Waals surface area contributed by atoms with E-state index in [0.717, 1.165) is 26.1 Å². The van der Waals surface area contributed by atoms with Gasteiger partial charge in [0.2, 0.25) is 0 Å². The second-order valence-electron chi connectivity index (χ2n) is 3.14. The maximum Gasteiger partial charge on any atom is 0.0558 e. The van der Waals surface area contributed by atoms with Gasteiger partial charge in [-0.25, -0.2) is 0 Å². The smallest absolute Gasteiger partial charge is 0.0558 e. The summed E-state index contributed by atoms with van der Waals surface area (Å²) < 4.78 is 5.19. The molecule has 0 aliphatic carbocycles. The van der Waals surface area contributed by atoms with Crippen LogP contribution in [0, 0.1) is 0 Å². The zero-order valence-electron chi connectivity index (χ0n) is 7.39. The maximum absolute atomic E-state index is 5.19. The fourth-order valence-electron chi connectivity index (χ4n) is 1.38. The third-order valence-corrected chi connectivity index (χ3v) is 2.14. The van der Waals surface area contributed by atoms with E-state index in [4.69, 9.17) is 4.74 Å². The first-order valence-electron chi connectivity index (χ1n) is 4.30. The van der Waals surface area contributed by atoms with E-state index in [0.29, 0.717) is 12.1 Å². The first kappa shape index (κ1) is 8.97. The van der Waals surface area contributed by atoms with Gasteiger partial charge in [0.05, 0.1) is 6.10 Å². The molecule has 0 bridgehead atoms. The molecule has 3 nitrogen and oxygen atoms in total. The van der Waals surface area contributed by atoms with Crippen LogP contribution in [0.5, 0.6) is 0 Å². The van der Waals surface area contributed by atoms with Crippen molar-refractivity contribution < 1.29 is 4.74 Å². The Hall–Kier alpha value is -0.120. The predicted octanol–water partition coefficient (Wildman–Crippen LogP) is -0.0272. The Morgan fingerprint density at radius 3 is 2.91 bits per heavy atom. The van der Waals surface area contributed by atoms with E-state index in [1.54, 1.807) is 7.11 Å². The van der Waals surface area contributed by atoms with Gasteiger partial charge < -0.3 is 15.4 Å². The lowest BCUT2D eigenvalue weighted by atomic mass is 10.1. The van der Waals surface area contributed by atoms with Gasteiger partial charge >= 0.3 is 0 Å². The van der Waals surface area contributed by atoms with Gasteiger partial charge in [0, 0.05) is 32.8 Å². The van der Waals surface area contributed by atoms with Crippen LogP contribution in [0.4, 0.5) is 0 Å². The maximum atomic E-state index is 5.19. The molecular formula is C8H18N2O. The highest BCUT2D eigenvalue weighted by Gasteiger charge is 2.14. The molecular weight excluding hydrogens is 140 g/mol. The van der Waals surface area contributed by atoms with E-state index in [1.165, 1.54) is 0 Å². The molecule has 0 radical (unpaired) electrons. The quantitative estimate of drug-likeness (QED) is 0.605. The number of hydrogen-bond acceptors (Lipinski definition) is 3. The summed E-state index contributed by atoms with van der Waals surface area (Å²) in [7, 11) is 1.76. The van der Waals surface area contributed by atoms with Crippen LogP contribution in [0.1, 0.15) is 13.3 Å². The molecule has 1 aliphatic heterocycles. The van der Waals surface area contributed by atoms with Crippen molar-refractivity contribution in [3.8, 4) is 0 Å². The molecule has 2 atom stereocenters. The topological polar surface area (TPSA) is 33.3 Å². The lowest BCUT2D eigenvalue weighted by Gasteiger charge is -2.26. The van der Waals surface area contributed by atoms with Gasteiger partial charge in [-0.3, -0.25) is 0 Å². The summed E-state index contributed by atoms with van der Waals surface area (Å²) in [5, 5.41) is 6.79. The molecule has 0 aromatic carbocycles. The van der Waals surface area contributed by atoms with Crippen molar-refractivity contribution in [2.75, 3.05) is 26.7 Å². The van der Waals surface area contributed by atoms with Gasteiger partial charge in [-0.1, -0.05) is 0 Å². The molecule has 1 rings (SSSR count). The zero-order chi connectivity index (χ0) is 8.10. The van der Waals surface area contributed by atoms with Crippen LogP contribution in [-0.4, -0.2) is 38.9 Å². The summed E-state index contributed by atoms with van der Waals surface area (Å²) in [5.74, 6) is 0. The minimum atomic E-state index is 0.368. The average molecular weight is 158 g/mol. The van der Waals surface area contributed by atoms with E-state index in [1.807, 2.05) is 0 Å². The largest absolute Gasteiger partial charge is 0.382 e. The predicted molar refractivity (Wildman–Crippen MR) is 45.7 cm³/mol. The van der Waals surface area contributed by atoms with E-state index in [9.17, 15) is 0 Å². The molecule has 0 unspecified atom stereocenters. The molecule has 0 aromatic heterocycles. The van der Waals surface area contributed by atoms with E-state index < -0.39 is 0 Å². The van der Waals surface area contributed by atoms with E-state index in [2.05, 4.69) is 17.6 Å². The highest BCUT2D eigenvalue weighted by atomic mass is 16.5. The Morgan fingerprint density at radius 1 is 1.55 bits per heavy atom. The van der Waals surface area contributed by atoms with Gasteiger partial charge in [0.15, 0.2) is 0 Å². The van der Waals surface area contributed by atoms with Gasteiger partial charge in [0.1, 0.15) is 0 Å². The molecule has 1 fully saturated rings. The molecule has 2 N–H and O–H groups in total. The molecule has 1 saturated heterocycles. The first-order valence-corrected chi connectivity index (χ1v) is 4.30. The second-order valence-corrected chi connectivity index (χ2v) is 3.14. The molecule has 0 aromatic rings. The summed E-state index contributed by atoms with van der Waals surface area (Å²) in [6.07, 6.45) is 1.47. The molecule has 0 amide bonds. The van der Waals surface area contributed by atoms with Crippen molar-refractivity contribution in [2.45, 2.75) is 25.5 Å². The fraction of sp³-hybridized carbons (Fsp3) is 1.00. The van der Waals surface area contributed by atoms with Crippen LogP contribution in [0.15, 0.2) is 0 Å². The minimum absolute atomic E-state index is 0.368. The van der Waals surface area contributed by atoms with E-state index >= 15 is 0 Å². The minimum Gasteiger partial charge on any atom is -0.382 e. The highest BCUT2D eigenvalue weighted by Crippen LogP contribution is 2.01. The SMILES string of the molecule is CO[C@@H](C)C[C@H]1CNCCN1. The number of piperazine rings is 1. The number of ether oxygens (including phenoxy) is 1. The molecule has 1 heterocycles. The summed E-state index contributed by atoms with van der Waals surface area (Å²) in [6, 6.07) is 0.596. The van der Waals surface area contributed by atoms with Gasteiger partial charge in [0.25, 0.3) is 0 Å². The van der Waals surface area contributed by atoms with Crippen molar-refractivity contribution in [1.82, 2.24) is 10.6 Å². The second kappa shape index (κ2) is 4.70. The third-order valence-electron chi connectivity index (χ3n) is 2.14. The standard InChI is InChI=1S/C8H18N2O/c1-7(11-2)5-8-6-9-3-4-10-8/h7-10H,3-6H2,1-2H3/t7-,8-/m0/s1. The normalized spacial score (nSPS) is 28.4. The van der Waals surface area contributed by atoms with Gasteiger partial charge in [-0.15, -0.1) is 0 Å². The molecule has 66 valence electrons. The number of rotatable bonds is 3. The van der Waals surface area contributed by atoms with Crippen LogP contribution < -0.4 is 10.6 Å². The Morgan fingerprint density at radius 2 is 2.36 bits per heavy atom. The average Bonchev–Trinajstić information content (AvgIpc) is 2.06. The van der Waals surface area contributed by atoms with Crippen molar-refractivity contribution in [3.05, 3.63) is 0 Å². The Balaban J connectivity index is 2.13. The number of nitrogens with one attached hydrogen (secondary N) is 2. The van der Waals surface area contributed by atoms with Crippen molar-refractivity contribution in [2.24, 2.45) is 0 Å². The van der Waals surface area contributed by atoms with Crippen LogP contribution in [-0.2, 0) is 4.74 Å². The van der Waals surface area contributed by atoms with Crippen molar-refractivity contribution in [1.29, 1.82) is 0 Å². The first-order chi connectivity index (χ1) is 5.33. The Kier molecular flexibility index (Phi) is 3.83. The van der Waals surface area contributed by atoms with Crippen LogP contribution >= 0.6 is 0 Å². The van der Waals surface area contributed by atoms with Crippen LogP contribution in [0.2, 0.25) is 0 Å². The Labute approximate surface area is 68.5 Å². The lowest BCUT2D eigenvalue weighted by Crippen LogP contribution is -2.49. The lowest BCUT2D eigenvalue weighted by molar-refractivity contribution is 0.0984. The summed E-state index contributed by atoms with van der Waals surface area (Å²) in [5.41, 5.74) is 0. The summed E-state index contributed by atoms with van der Waals surface area (Å²) in [6.45, 7) is 5.36. The zero-order valence-corrected chi connectivity index (χ0v) is 7.39. The number of methoxy groups -OCH3 is 1. The molecule has 3 heteroatoms. The molecule has 0 spiro atoms. The Bertz CT molecular complexity index is 102. The monoisotopic (exact) mass is 158 g/mol. The molecule has 11 heavy (non-hydrogen) atoms. The fourth-order valence-corrected chi connectivity index (χ4v) is 1.38. The molecule has 1 aliphatic rings. The van der Waals surface area contributed by atoms with Crippen molar-refractivity contribution >= 4 is 0 Å². The van der Waals surface area contributed by atoms with Crippen LogP contribution in [0.25, 0.3) is 0 Å². The summed E-state index contributed by atoms with van der Waals surface area (Å²) >= 11 is 0. The van der Waals surface area contributed by atoms with Gasteiger partial charge in [-0.05, 0) is 13.3 Å². The van der Waals surface area contributed by atoms with Gasteiger partial charge in [-0.2, -0.15) is 0 Å².